The minimum Gasteiger partial charge on any atom is -0.204 e. The maximum atomic E-state index is 13.3. The minimum atomic E-state index is -1.90. The molecule has 0 amide bonds. The van der Waals surface area contributed by atoms with Gasteiger partial charge < -0.3 is 0 Å². The quantitative estimate of drug-likeness (QED) is 0.504. The van der Waals surface area contributed by atoms with Crippen LogP contribution < -0.4 is 5.19 Å². The summed E-state index contributed by atoms with van der Waals surface area (Å²) in [7, 11) is -1.90. The van der Waals surface area contributed by atoms with Gasteiger partial charge in [0.2, 0.25) is 0 Å². The summed E-state index contributed by atoms with van der Waals surface area (Å²) in [6, 6.07) is 2.47. The molecular weight excluding hydrogens is 210 g/mol. The molecule has 0 radical (unpaired) electrons. The Kier molecular flexibility index (Phi) is 2.78. The van der Waals surface area contributed by atoms with Crippen molar-refractivity contribution < 1.29 is 8.78 Å². The second-order valence-corrected chi connectivity index (χ2v) is 9.38. The van der Waals surface area contributed by atoms with E-state index in [1.165, 1.54) is 6.07 Å². The van der Waals surface area contributed by atoms with E-state index >= 15 is 0 Å². The van der Waals surface area contributed by atoms with Gasteiger partial charge in [-0.05, 0) is 17.3 Å². The maximum Gasteiger partial charge on any atom is 0.159 e. The average molecular weight is 221 g/mol. The van der Waals surface area contributed by atoms with Crippen LogP contribution in [0.4, 0.5) is 8.78 Å². The maximum absolute atomic E-state index is 13.3. The molecule has 0 heterocycles. The Hall–Kier alpha value is -0.413. The summed E-state index contributed by atoms with van der Waals surface area (Å²) in [6.45, 7) is 5.78. The molecule has 1 aromatic carbocycles. The van der Waals surface area contributed by atoms with Gasteiger partial charge in [-0.25, -0.2) is 8.78 Å². The number of halogens is 3. The van der Waals surface area contributed by atoms with Gasteiger partial charge in [-0.1, -0.05) is 31.2 Å². The Balaban J connectivity index is 3.43. The molecule has 0 saturated carbocycles. The molecule has 13 heavy (non-hydrogen) atoms. The molecule has 0 N–H and O–H groups in total. The lowest BCUT2D eigenvalue weighted by Gasteiger charge is -2.19. The largest absolute Gasteiger partial charge is 0.204 e. The van der Waals surface area contributed by atoms with Crippen LogP contribution in [0.3, 0.4) is 0 Å². The number of benzene rings is 1. The van der Waals surface area contributed by atoms with E-state index in [4.69, 9.17) is 11.6 Å². The third-order valence-corrected chi connectivity index (χ3v) is 4.26. The van der Waals surface area contributed by atoms with Gasteiger partial charge in [0, 0.05) is 5.02 Å². The smallest absolute Gasteiger partial charge is 0.159 e. The van der Waals surface area contributed by atoms with Crippen LogP contribution in [-0.2, 0) is 0 Å². The lowest BCUT2D eigenvalue weighted by Crippen LogP contribution is -2.41. The highest BCUT2D eigenvalue weighted by atomic mass is 35.5. The summed E-state index contributed by atoms with van der Waals surface area (Å²) in [6.07, 6.45) is 0. The fraction of sp³-hybridized carbons (Fsp3) is 0.333. The molecule has 0 aliphatic rings. The van der Waals surface area contributed by atoms with E-state index in [2.05, 4.69) is 0 Å². The zero-order valence-corrected chi connectivity index (χ0v) is 9.54. The van der Waals surface area contributed by atoms with Crippen molar-refractivity contribution in [2.45, 2.75) is 19.6 Å². The monoisotopic (exact) mass is 220 g/mol. The van der Waals surface area contributed by atoms with Gasteiger partial charge in [-0.3, -0.25) is 0 Å². The molecule has 0 unspecified atom stereocenters. The summed E-state index contributed by atoms with van der Waals surface area (Å²) in [5.41, 5.74) is 0. The number of rotatable bonds is 1. The lowest BCUT2D eigenvalue weighted by molar-refractivity contribution is 0.513. The molecule has 72 valence electrons. The molecule has 0 saturated heterocycles. The van der Waals surface area contributed by atoms with E-state index in [1.54, 1.807) is 0 Å². The molecular formula is C9H11ClF2Si. The van der Waals surface area contributed by atoms with Crippen molar-refractivity contribution in [3.8, 4) is 0 Å². The van der Waals surface area contributed by atoms with E-state index in [9.17, 15) is 8.78 Å². The van der Waals surface area contributed by atoms with Crippen LogP contribution in [-0.4, -0.2) is 8.07 Å². The Morgan fingerprint density at radius 2 is 1.69 bits per heavy atom. The third-order valence-electron chi connectivity index (χ3n) is 1.79. The van der Waals surface area contributed by atoms with Crippen LogP contribution >= 0.6 is 11.6 Å². The van der Waals surface area contributed by atoms with E-state index in [0.717, 1.165) is 6.07 Å². The van der Waals surface area contributed by atoms with Crippen LogP contribution in [0.2, 0.25) is 24.7 Å². The number of hydrogen-bond acceptors (Lipinski definition) is 0. The Bertz CT molecular complexity index is 331. The molecule has 0 bridgehead atoms. The summed E-state index contributed by atoms with van der Waals surface area (Å²) in [5.74, 6) is -1.60. The van der Waals surface area contributed by atoms with E-state index in [-0.39, 0.29) is 0 Å². The predicted molar refractivity (Wildman–Crippen MR) is 54.3 cm³/mol. The Morgan fingerprint density at radius 3 is 2.08 bits per heavy atom. The molecule has 0 aliphatic heterocycles. The molecule has 0 fully saturated rings. The van der Waals surface area contributed by atoms with E-state index in [0.29, 0.717) is 10.2 Å². The van der Waals surface area contributed by atoms with Gasteiger partial charge in [0.25, 0.3) is 0 Å². The number of hydrogen-bond donors (Lipinski definition) is 0. The van der Waals surface area contributed by atoms with Gasteiger partial charge in [0.1, 0.15) is 0 Å². The van der Waals surface area contributed by atoms with Gasteiger partial charge in [-0.15, -0.1) is 0 Å². The molecule has 1 rings (SSSR count). The molecule has 0 aliphatic carbocycles. The lowest BCUT2D eigenvalue weighted by atomic mass is 10.3. The van der Waals surface area contributed by atoms with Crippen molar-refractivity contribution in [2.75, 3.05) is 0 Å². The fourth-order valence-corrected chi connectivity index (χ4v) is 3.79. The van der Waals surface area contributed by atoms with Gasteiger partial charge >= 0.3 is 0 Å². The van der Waals surface area contributed by atoms with Crippen molar-refractivity contribution in [1.82, 2.24) is 0 Å². The second kappa shape index (κ2) is 3.39. The topological polar surface area (TPSA) is 0 Å². The Labute approximate surface area is 82.5 Å². The van der Waals surface area contributed by atoms with Gasteiger partial charge in [0.15, 0.2) is 11.6 Å². The average Bonchev–Trinajstić information content (AvgIpc) is 1.95. The first-order chi connectivity index (χ1) is 5.84. The van der Waals surface area contributed by atoms with Crippen molar-refractivity contribution in [3.05, 3.63) is 28.8 Å². The fourth-order valence-electron chi connectivity index (χ4n) is 1.21. The van der Waals surface area contributed by atoms with Crippen molar-refractivity contribution >= 4 is 24.9 Å². The molecule has 0 nitrogen and oxygen atoms in total. The zero-order chi connectivity index (χ0) is 10.2. The van der Waals surface area contributed by atoms with E-state index < -0.39 is 19.7 Å². The SMILES string of the molecule is C[Si](C)(C)c1c(Cl)ccc(F)c1F. The summed E-state index contributed by atoms with van der Waals surface area (Å²) < 4.78 is 26.2. The first-order valence-corrected chi connectivity index (χ1v) is 7.86. The highest BCUT2D eigenvalue weighted by Gasteiger charge is 2.25. The van der Waals surface area contributed by atoms with Crippen molar-refractivity contribution in [1.29, 1.82) is 0 Å². The van der Waals surface area contributed by atoms with Gasteiger partial charge in [-0.2, -0.15) is 0 Å². The first-order valence-electron chi connectivity index (χ1n) is 3.98. The van der Waals surface area contributed by atoms with Crippen LogP contribution in [0.1, 0.15) is 0 Å². The minimum absolute atomic E-state index is 0.332. The third kappa shape index (κ3) is 2.09. The molecule has 0 spiro atoms. The molecule has 0 atom stereocenters. The standard InChI is InChI=1S/C9H11ClF2Si/c1-13(2,3)9-6(10)4-5-7(11)8(9)12/h4-5H,1-3H3. The molecule has 0 aromatic heterocycles. The summed E-state index contributed by atoms with van der Waals surface area (Å²) >= 11 is 5.81. The normalized spacial score (nSPS) is 11.8. The first kappa shape index (κ1) is 10.7. The molecule has 4 heteroatoms. The van der Waals surface area contributed by atoms with Crippen LogP contribution in [0, 0.1) is 11.6 Å². The van der Waals surface area contributed by atoms with Crippen molar-refractivity contribution in [3.63, 3.8) is 0 Å². The Morgan fingerprint density at radius 1 is 1.15 bits per heavy atom. The highest BCUT2D eigenvalue weighted by molar-refractivity contribution is 6.90. The second-order valence-electron chi connectivity index (χ2n) is 3.97. The van der Waals surface area contributed by atoms with Crippen LogP contribution in [0.15, 0.2) is 12.1 Å². The molecule has 1 aromatic rings. The van der Waals surface area contributed by atoms with Crippen LogP contribution in [0.25, 0.3) is 0 Å². The summed E-state index contributed by atoms with van der Waals surface area (Å²) in [5, 5.41) is 0.701. The summed E-state index contributed by atoms with van der Waals surface area (Å²) in [4.78, 5) is 0. The van der Waals surface area contributed by atoms with E-state index in [1.807, 2.05) is 19.6 Å². The van der Waals surface area contributed by atoms with Crippen LogP contribution in [0.5, 0.6) is 0 Å². The zero-order valence-electron chi connectivity index (χ0n) is 7.79. The van der Waals surface area contributed by atoms with Crippen molar-refractivity contribution in [2.24, 2.45) is 0 Å². The van der Waals surface area contributed by atoms with Gasteiger partial charge in [0.05, 0.1) is 8.07 Å². The predicted octanol–water partition coefficient (Wildman–Crippen LogP) is 3.16. The highest BCUT2D eigenvalue weighted by Crippen LogP contribution is 2.17.